The molecule has 18 heteroatoms. The molecule has 0 atom stereocenters. The fraction of sp³-hybridized carbons (Fsp3) is 0.545. The summed E-state index contributed by atoms with van der Waals surface area (Å²) >= 11 is 0. The predicted octanol–water partition coefficient (Wildman–Crippen LogP) is 4.60. The molecular formula is C44H62N4O13S. The van der Waals surface area contributed by atoms with Crippen LogP contribution < -0.4 is 15.4 Å². The Kier molecular flexibility index (Phi) is 25.6. The molecule has 0 fully saturated rings. The standard InChI is InChI=1S/C44H62N4O13S/c49-41(45-21-24-57-27-29-60-33-43(52)53)32-59-28-26-58-25-22-46-44(54)37-30-47-40(48-31-37)34-62(55,56)39-19-15-36(16-20-39)12-11-35-13-17-38(18-14-35)61-23-9-7-5-3-1-2-4-6-8-10-42(50)51/h13-20,30-31H,1-12,21-29,32-34H2,(H,45,49)(H,46,54)(H,50,51)(H,52,53). The molecule has 3 aromatic rings. The van der Waals surface area contributed by atoms with Gasteiger partial charge in [0.15, 0.2) is 9.84 Å². The highest BCUT2D eigenvalue weighted by molar-refractivity contribution is 7.90. The number of carboxylic acid groups (broad SMARTS) is 2. The average molecular weight is 887 g/mol. The van der Waals surface area contributed by atoms with E-state index >= 15 is 0 Å². The van der Waals surface area contributed by atoms with Crippen molar-refractivity contribution < 1.29 is 61.5 Å². The van der Waals surface area contributed by atoms with Gasteiger partial charge in [0.25, 0.3) is 5.91 Å². The third-order valence-corrected chi connectivity index (χ3v) is 10.9. The monoisotopic (exact) mass is 886 g/mol. The van der Waals surface area contributed by atoms with E-state index in [1.165, 1.54) is 38.1 Å². The van der Waals surface area contributed by atoms with Crippen LogP contribution in [0.1, 0.15) is 91.5 Å². The Morgan fingerprint density at radius 2 is 1.08 bits per heavy atom. The lowest BCUT2D eigenvalue weighted by atomic mass is 10.0. The van der Waals surface area contributed by atoms with Gasteiger partial charge in [0.2, 0.25) is 5.91 Å². The number of hydrogen-bond acceptors (Lipinski definition) is 13. The Morgan fingerprint density at radius 1 is 0.565 bits per heavy atom. The molecule has 2 aromatic carbocycles. The van der Waals surface area contributed by atoms with Crippen molar-refractivity contribution >= 4 is 33.6 Å². The number of carbonyl (C=O) groups is 4. The second kappa shape index (κ2) is 30.9. The molecule has 0 bridgehead atoms. The molecule has 1 aromatic heterocycles. The summed E-state index contributed by atoms with van der Waals surface area (Å²) < 4.78 is 52.8. The van der Waals surface area contributed by atoms with E-state index in [2.05, 4.69) is 32.7 Å². The Morgan fingerprint density at radius 3 is 1.66 bits per heavy atom. The zero-order chi connectivity index (χ0) is 44.7. The number of nitrogens with one attached hydrogen (secondary N) is 2. The minimum atomic E-state index is -3.73. The van der Waals surface area contributed by atoms with E-state index in [0.717, 1.165) is 61.8 Å². The maximum atomic E-state index is 13.1. The number of rotatable bonds is 36. The molecule has 0 saturated carbocycles. The van der Waals surface area contributed by atoms with Crippen molar-refractivity contribution in [3.05, 3.63) is 83.4 Å². The molecular weight excluding hydrogens is 825 g/mol. The molecule has 17 nitrogen and oxygen atoms in total. The van der Waals surface area contributed by atoms with Crippen molar-refractivity contribution in [1.29, 1.82) is 0 Å². The van der Waals surface area contributed by atoms with Gasteiger partial charge in [-0.05, 0) is 61.1 Å². The zero-order valence-corrected chi connectivity index (χ0v) is 36.2. The van der Waals surface area contributed by atoms with E-state index in [4.69, 9.17) is 33.9 Å². The molecule has 0 unspecified atom stereocenters. The number of benzene rings is 2. The van der Waals surface area contributed by atoms with Gasteiger partial charge < -0.3 is 44.5 Å². The topological polar surface area (TPSA) is 239 Å². The van der Waals surface area contributed by atoms with Gasteiger partial charge in [0, 0.05) is 31.9 Å². The van der Waals surface area contributed by atoms with Gasteiger partial charge in [-0.3, -0.25) is 14.4 Å². The number of aryl methyl sites for hydroxylation is 2. The molecule has 0 aliphatic carbocycles. The number of amides is 2. The molecule has 0 aliphatic heterocycles. The summed E-state index contributed by atoms with van der Waals surface area (Å²) in [5.74, 6) is -2.04. The number of unbranched alkanes of at least 4 members (excludes halogenated alkanes) is 8. The number of aliphatic carboxylic acids is 2. The Balaban J connectivity index is 1.22. The zero-order valence-electron chi connectivity index (χ0n) is 35.4. The van der Waals surface area contributed by atoms with Gasteiger partial charge in [-0.1, -0.05) is 69.2 Å². The molecule has 0 aliphatic rings. The summed E-state index contributed by atoms with van der Waals surface area (Å²) in [6.45, 7) is 1.75. The van der Waals surface area contributed by atoms with Gasteiger partial charge in [-0.2, -0.15) is 0 Å². The van der Waals surface area contributed by atoms with Crippen LogP contribution in [0, 0.1) is 0 Å². The average Bonchev–Trinajstić information content (AvgIpc) is 3.25. The van der Waals surface area contributed by atoms with Crippen LogP contribution in [-0.4, -0.2) is 125 Å². The fourth-order valence-electron chi connectivity index (χ4n) is 5.93. The third-order valence-electron chi connectivity index (χ3n) is 9.30. The quantitative estimate of drug-likeness (QED) is 0.0584. The molecule has 2 amide bonds. The lowest BCUT2D eigenvalue weighted by Gasteiger charge is -2.09. The summed E-state index contributed by atoms with van der Waals surface area (Å²) in [6, 6.07) is 14.9. The molecule has 0 spiro atoms. The summed E-state index contributed by atoms with van der Waals surface area (Å²) in [7, 11) is -3.73. The summed E-state index contributed by atoms with van der Waals surface area (Å²) in [5, 5.41) is 22.4. The predicted molar refractivity (Wildman–Crippen MR) is 229 cm³/mol. The highest BCUT2D eigenvalue weighted by Crippen LogP contribution is 2.19. The van der Waals surface area contributed by atoms with Crippen LogP contribution >= 0.6 is 0 Å². The molecule has 3 rings (SSSR count). The van der Waals surface area contributed by atoms with Gasteiger partial charge >= 0.3 is 11.9 Å². The Labute approximate surface area is 364 Å². The SMILES string of the molecule is O=C(O)CCCCCCCCCCCOc1ccc(CCc2ccc(S(=O)(=O)Cc3ncc(C(=O)NCCOCCOCC(=O)NCCOCCOCC(=O)O)cn3)cc2)cc1. The van der Waals surface area contributed by atoms with Crippen molar-refractivity contribution in [2.75, 3.05) is 72.6 Å². The summed E-state index contributed by atoms with van der Waals surface area (Å²) in [4.78, 5) is 53.5. The minimum Gasteiger partial charge on any atom is -0.494 e. The van der Waals surface area contributed by atoms with Gasteiger partial charge in [0.1, 0.15) is 30.5 Å². The normalized spacial score (nSPS) is 11.3. The molecule has 0 radical (unpaired) electrons. The first-order valence-corrected chi connectivity index (χ1v) is 22.8. The van der Waals surface area contributed by atoms with Crippen molar-refractivity contribution in [3.63, 3.8) is 0 Å². The second-order valence-corrected chi connectivity index (χ2v) is 16.4. The number of aromatic nitrogens is 2. The lowest BCUT2D eigenvalue weighted by molar-refractivity contribution is -0.143. The number of sulfone groups is 1. The van der Waals surface area contributed by atoms with Gasteiger partial charge in [-0.25, -0.2) is 23.2 Å². The van der Waals surface area contributed by atoms with Gasteiger partial charge in [0.05, 0.1) is 56.7 Å². The van der Waals surface area contributed by atoms with Crippen LogP contribution in [-0.2, 0) is 61.8 Å². The maximum absolute atomic E-state index is 13.1. The summed E-state index contributed by atoms with van der Waals surface area (Å²) in [6.07, 6.45) is 14.1. The third kappa shape index (κ3) is 23.8. The van der Waals surface area contributed by atoms with Crippen molar-refractivity contribution in [3.8, 4) is 5.75 Å². The summed E-state index contributed by atoms with van der Waals surface area (Å²) in [5.41, 5.74) is 2.33. The highest BCUT2D eigenvalue weighted by Gasteiger charge is 2.18. The van der Waals surface area contributed by atoms with E-state index in [-0.39, 0.29) is 94.6 Å². The van der Waals surface area contributed by atoms with Crippen molar-refractivity contribution in [2.45, 2.75) is 87.7 Å². The Hall–Kier alpha value is -5.01. The van der Waals surface area contributed by atoms with E-state index in [0.29, 0.717) is 6.61 Å². The number of nitrogens with zero attached hydrogens (tertiary/aromatic N) is 2. The highest BCUT2D eigenvalue weighted by atomic mass is 32.2. The van der Waals surface area contributed by atoms with Crippen LogP contribution in [0.4, 0.5) is 0 Å². The fourth-order valence-corrected chi connectivity index (χ4v) is 7.13. The maximum Gasteiger partial charge on any atom is 0.329 e. The van der Waals surface area contributed by atoms with E-state index in [1.807, 2.05) is 24.3 Å². The van der Waals surface area contributed by atoms with Crippen molar-refractivity contribution in [1.82, 2.24) is 20.6 Å². The molecule has 4 N–H and O–H groups in total. The van der Waals surface area contributed by atoms with Crippen LogP contribution in [0.25, 0.3) is 0 Å². The smallest absolute Gasteiger partial charge is 0.329 e. The lowest BCUT2D eigenvalue weighted by Crippen LogP contribution is -2.31. The molecule has 0 saturated heterocycles. The molecule has 342 valence electrons. The van der Waals surface area contributed by atoms with E-state index in [1.54, 1.807) is 12.1 Å². The number of carbonyl (C=O) groups excluding carboxylic acids is 2. The van der Waals surface area contributed by atoms with Gasteiger partial charge in [-0.15, -0.1) is 0 Å². The number of hydrogen-bond donors (Lipinski definition) is 4. The number of ether oxygens (including phenoxy) is 5. The minimum absolute atomic E-state index is 0.0678. The second-order valence-electron chi connectivity index (χ2n) is 14.4. The van der Waals surface area contributed by atoms with Crippen molar-refractivity contribution in [2.24, 2.45) is 0 Å². The van der Waals surface area contributed by atoms with Crippen LogP contribution in [0.3, 0.4) is 0 Å². The first kappa shape index (κ1) is 51.3. The van der Waals surface area contributed by atoms with E-state index < -0.39 is 33.4 Å². The van der Waals surface area contributed by atoms with Crippen LogP contribution in [0.15, 0.2) is 65.8 Å². The molecule has 1 heterocycles. The number of carboxylic acids is 2. The van der Waals surface area contributed by atoms with Crippen LogP contribution in [0.2, 0.25) is 0 Å². The first-order valence-electron chi connectivity index (χ1n) is 21.2. The largest absolute Gasteiger partial charge is 0.494 e. The first-order chi connectivity index (χ1) is 30.0. The van der Waals surface area contributed by atoms with E-state index in [9.17, 15) is 27.6 Å². The van der Waals surface area contributed by atoms with Crippen LogP contribution in [0.5, 0.6) is 5.75 Å². The molecule has 62 heavy (non-hydrogen) atoms. The Bertz CT molecular complexity index is 1850.